The van der Waals surface area contributed by atoms with Crippen molar-refractivity contribution in [2.75, 3.05) is 6.26 Å². The highest BCUT2D eigenvalue weighted by Gasteiger charge is 2.14. The smallest absolute Gasteiger partial charge is 0.175 e. The van der Waals surface area contributed by atoms with Crippen molar-refractivity contribution >= 4 is 9.84 Å². The van der Waals surface area contributed by atoms with Gasteiger partial charge in [-0.1, -0.05) is 18.2 Å². The first-order chi connectivity index (χ1) is 5.93. The molecule has 1 rings (SSSR count). The highest BCUT2D eigenvalue weighted by atomic mass is 32.2. The second-order valence-corrected chi connectivity index (χ2v) is 4.97. The van der Waals surface area contributed by atoms with Crippen LogP contribution >= 0.6 is 0 Å². The van der Waals surface area contributed by atoms with Crippen molar-refractivity contribution < 1.29 is 13.5 Å². The van der Waals surface area contributed by atoms with Gasteiger partial charge in [0.25, 0.3) is 0 Å². The Kier molecular flexibility index (Phi) is 2.73. The monoisotopic (exact) mass is 200 g/mol. The summed E-state index contributed by atoms with van der Waals surface area (Å²) in [4.78, 5) is 0.199. The third-order valence-corrected chi connectivity index (χ3v) is 2.94. The first-order valence-electron chi connectivity index (χ1n) is 3.90. The van der Waals surface area contributed by atoms with Crippen LogP contribution in [-0.4, -0.2) is 19.8 Å². The Hall–Kier alpha value is -0.870. The van der Waals surface area contributed by atoms with E-state index in [1.165, 1.54) is 6.07 Å². The summed E-state index contributed by atoms with van der Waals surface area (Å²) < 4.78 is 22.5. The quantitative estimate of drug-likeness (QED) is 0.779. The van der Waals surface area contributed by atoms with E-state index in [0.29, 0.717) is 5.56 Å². The zero-order valence-corrected chi connectivity index (χ0v) is 8.38. The standard InChI is InChI=1S/C9H12O3S/c1-7(10)8-5-3-4-6-9(8)13(2,11)12/h3-7,10H,1-2H3/t7-/m1/s1. The van der Waals surface area contributed by atoms with E-state index in [1.54, 1.807) is 25.1 Å². The molecule has 1 aromatic rings. The van der Waals surface area contributed by atoms with E-state index in [0.717, 1.165) is 6.26 Å². The zero-order valence-electron chi connectivity index (χ0n) is 7.56. The fraction of sp³-hybridized carbons (Fsp3) is 0.333. The number of hydrogen-bond donors (Lipinski definition) is 1. The lowest BCUT2D eigenvalue weighted by molar-refractivity contribution is 0.196. The van der Waals surface area contributed by atoms with Gasteiger partial charge in [-0.2, -0.15) is 0 Å². The molecular weight excluding hydrogens is 188 g/mol. The van der Waals surface area contributed by atoms with Crippen LogP contribution in [0.1, 0.15) is 18.6 Å². The van der Waals surface area contributed by atoms with Crippen LogP contribution in [0.4, 0.5) is 0 Å². The molecule has 0 bridgehead atoms. The maximum absolute atomic E-state index is 11.2. The van der Waals surface area contributed by atoms with Gasteiger partial charge in [-0.3, -0.25) is 0 Å². The van der Waals surface area contributed by atoms with Crippen LogP contribution in [-0.2, 0) is 9.84 Å². The number of sulfone groups is 1. The molecule has 0 aliphatic rings. The van der Waals surface area contributed by atoms with Gasteiger partial charge in [-0.25, -0.2) is 8.42 Å². The van der Waals surface area contributed by atoms with Gasteiger partial charge in [0.15, 0.2) is 9.84 Å². The molecular formula is C9H12O3S. The molecule has 0 heterocycles. The Morgan fingerprint density at radius 1 is 1.31 bits per heavy atom. The molecule has 0 spiro atoms. The fourth-order valence-corrected chi connectivity index (χ4v) is 2.16. The summed E-state index contributed by atoms with van der Waals surface area (Å²) in [6.45, 7) is 1.55. The predicted molar refractivity (Wildman–Crippen MR) is 50.2 cm³/mol. The fourth-order valence-electron chi connectivity index (χ4n) is 1.16. The second-order valence-electron chi connectivity index (χ2n) is 2.99. The molecule has 13 heavy (non-hydrogen) atoms. The van der Waals surface area contributed by atoms with Crippen molar-refractivity contribution in [1.29, 1.82) is 0 Å². The molecule has 3 nitrogen and oxygen atoms in total. The van der Waals surface area contributed by atoms with Gasteiger partial charge in [0.2, 0.25) is 0 Å². The van der Waals surface area contributed by atoms with E-state index in [9.17, 15) is 13.5 Å². The van der Waals surface area contributed by atoms with Crippen LogP contribution in [0.15, 0.2) is 29.2 Å². The van der Waals surface area contributed by atoms with Crippen LogP contribution in [0, 0.1) is 0 Å². The molecule has 0 amide bonds. The lowest BCUT2D eigenvalue weighted by atomic mass is 10.1. The Bertz CT molecular complexity index is 393. The average molecular weight is 200 g/mol. The van der Waals surface area contributed by atoms with Gasteiger partial charge >= 0.3 is 0 Å². The van der Waals surface area contributed by atoms with E-state index in [2.05, 4.69) is 0 Å². The number of benzene rings is 1. The molecule has 72 valence electrons. The summed E-state index contributed by atoms with van der Waals surface area (Å²) in [7, 11) is -3.24. The van der Waals surface area contributed by atoms with Crippen LogP contribution in [0.3, 0.4) is 0 Å². The molecule has 0 fully saturated rings. The van der Waals surface area contributed by atoms with Gasteiger partial charge in [-0.15, -0.1) is 0 Å². The average Bonchev–Trinajstić information content (AvgIpc) is 2.03. The Morgan fingerprint density at radius 2 is 1.85 bits per heavy atom. The second kappa shape index (κ2) is 3.47. The minimum Gasteiger partial charge on any atom is -0.389 e. The predicted octanol–water partition coefficient (Wildman–Crippen LogP) is 1.14. The summed E-state index contributed by atoms with van der Waals surface area (Å²) in [5.41, 5.74) is 0.449. The lowest BCUT2D eigenvalue weighted by Gasteiger charge is -2.09. The molecule has 0 aromatic heterocycles. The van der Waals surface area contributed by atoms with Gasteiger partial charge in [0.05, 0.1) is 11.0 Å². The molecule has 0 aliphatic heterocycles. The molecule has 4 heteroatoms. The van der Waals surface area contributed by atoms with E-state index in [-0.39, 0.29) is 4.90 Å². The molecule has 0 saturated heterocycles. The third kappa shape index (κ3) is 2.29. The minimum atomic E-state index is -3.24. The molecule has 0 saturated carbocycles. The van der Waals surface area contributed by atoms with E-state index >= 15 is 0 Å². The summed E-state index contributed by atoms with van der Waals surface area (Å²) in [6, 6.07) is 6.46. The Labute approximate surface area is 77.9 Å². The largest absolute Gasteiger partial charge is 0.389 e. The Balaban J connectivity index is 3.37. The first kappa shape index (κ1) is 10.2. The summed E-state index contributed by atoms with van der Waals surface area (Å²) >= 11 is 0. The van der Waals surface area contributed by atoms with Crippen molar-refractivity contribution in [2.45, 2.75) is 17.9 Å². The summed E-state index contributed by atoms with van der Waals surface area (Å²) in [5.74, 6) is 0. The number of hydrogen-bond acceptors (Lipinski definition) is 3. The molecule has 0 aliphatic carbocycles. The number of aliphatic hydroxyl groups is 1. The summed E-state index contributed by atoms with van der Waals surface area (Å²) in [5, 5.41) is 9.30. The highest BCUT2D eigenvalue weighted by molar-refractivity contribution is 7.90. The van der Waals surface area contributed by atoms with Gasteiger partial charge in [0.1, 0.15) is 0 Å². The van der Waals surface area contributed by atoms with Crippen molar-refractivity contribution in [3.8, 4) is 0 Å². The van der Waals surface area contributed by atoms with Crippen LogP contribution in [0.2, 0.25) is 0 Å². The van der Waals surface area contributed by atoms with Crippen LogP contribution in [0.25, 0.3) is 0 Å². The molecule has 1 atom stereocenters. The maximum atomic E-state index is 11.2. The zero-order chi connectivity index (χ0) is 10.1. The Morgan fingerprint density at radius 3 is 2.23 bits per heavy atom. The van der Waals surface area contributed by atoms with Gasteiger partial charge in [-0.05, 0) is 18.6 Å². The van der Waals surface area contributed by atoms with E-state index < -0.39 is 15.9 Å². The van der Waals surface area contributed by atoms with Crippen molar-refractivity contribution in [3.05, 3.63) is 29.8 Å². The van der Waals surface area contributed by atoms with Crippen molar-refractivity contribution in [3.63, 3.8) is 0 Å². The highest BCUT2D eigenvalue weighted by Crippen LogP contribution is 2.21. The minimum absolute atomic E-state index is 0.199. The first-order valence-corrected chi connectivity index (χ1v) is 5.79. The third-order valence-electron chi connectivity index (χ3n) is 1.77. The SMILES string of the molecule is C[C@@H](O)c1ccccc1S(C)(=O)=O. The molecule has 0 unspecified atom stereocenters. The van der Waals surface area contributed by atoms with E-state index in [4.69, 9.17) is 0 Å². The van der Waals surface area contributed by atoms with Gasteiger partial charge in [0, 0.05) is 6.26 Å². The van der Waals surface area contributed by atoms with Gasteiger partial charge < -0.3 is 5.11 Å². The van der Waals surface area contributed by atoms with Crippen LogP contribution in [0.5, 0.6) is 0 Å². The van der Waals surface area contributed by atoms with Crippen molar-refractivity contribution in [1.82, 2.24) is 0 Å². The summed E-state index contributed by atoms with van der Waals surface area (Å²) in [6.07, 6.45) is 0.375. The topological polar surface area (TPSA) is 54.4 Å². The normalized spacial score (nSPS) is 14.1. The molecule has 0 radical (unpaired) electrons. The lowest BCUT2D eigenvalue weighted by Crippen LogP contribution is -2.04. The number of aliphatic hydroxyl groups excluding tert-OH is 1. The molecule has 1 N–H and O–H groups in total. The van der Waals surface area contributed by atoms with Crippen LogP contribution < -0.4 is 0 Å². The number of rotatable bonds is 2. The molecule has 1 aromatic carbocycles. The van der Waals surface area contributed by atoms with E-state index in [1.807, 2.05) is 0 Å². The maximum Gasteiger partial charge on any atom is 0.175 e. The van der Waals surface area contributed by atoms with Crippen molar-refractivity contribution in [2.24, 2.45) is 0 Å².